The molecule has 46 valence electrons. The summed E-state index contributed by atoms with van der Waals surface area (Å²) in [6, 6.07) is 0. The van der Waals surface area contributed by atoms with E-state index in [-0.39, 0.29) is 0 Å². The minimum Gasteiger partial charge on any atom is -0.0695 e. The van der Waals surface area contributed by atoms with Crippen molar-refractivity contribution in [2.45, 2.75) is 19.3 Å². The molecule has 0 nitrogen and oxygen atoms in total. The molecule has 2 saturated carbocycles. The van der Waals surface area contributed by atoms with E-state index in [0.29, 0.717) is 0 Å². The van der Waals surface area contributed by atoms with Gasteiger partial charge in [0.1, 0.15) is 0 Å². The molecule has 0 aliphatic heterocycles. The Morgan fingerprint density at radius 1 is 1.22 bits per heavy atom. The van der Waals surface area contributed by atoms with E-state index in [9.17, 15) is 0 Å². The molecule has 0 aromatic heterocycles. The SMILES string of the molecule is C1C2=C3C(C2)C2CC1C32. The van der Waals surface area contributed by atoms with Gasteiger partial charge in [-0.05, 0) is 42.9 Å². The standard InChI is InChI=1S/C9H10/c1-4-2-6-7-3-5(1)9(7)8(4)6/h4,6-8H,1-3H2. The molecular weight excluding hydrogens is 108 g/mol. The largest absolute Gasteiger partial charge is 0.0695 e. The number of hydrogen-bond donors (Lipinski definition) is 0. The molecule has 0 N–H and O–H groups in total. The average molecular weight is 118 g/mol. The van der Waals surface area contributed by atoms with Crippen LogP contribution < -0.4 is 0 Å². The van der Waals surface area contributed by atoms with Crippen molar-refractivity contribution in [2.24, 2.45) is 23.7 Å². The van der Waals surface area contributed by atoms with Gasteiger partial charge in [0.05, 0.1) is 0 Å². The second-order valence-electron chi connectivity index (χ2n) is 4.26. The van der Waals surface area contributed by atoms with Crippen LogP contribution in [0.15, 0.2) is 11.1 Å². The zero-order chi connectivity index (χ0) is 5.59. The first kappa shape index (κ1) is 3.80. The molecule has 4 atom stereocenters. The lowest BCUT2D eigenvalue weighted by Crippen LogP contribution is -2.52. The minimum absolute atomic E-state index is 1.14. The number of fused-ring (bicyclic) bond motifs is 1. The molecule has 0 bridgehead atoms. The van der Waals surface area contributed by atoms with Crippen LogP contribution in [0.25, 0.3) is 0 Å². The van der Waals surface area contributed by atoms with Gasteiger partial charge in [0.15, 0.2) is 0 Å². The quantitative estimate of drug-likeness (QED) is 0.426. The van der Waals surface area contributed by atoms with Gasteiger partial charge in [-0.3, -0.25) is 0 Å². The van der Waals surface area contributed by atoms with Gasteiger partial charge in [-0.15, -0.1) is 0 Å². The third-order valence-electron chi connectivity index (χ3n) is 4.20. The Kier molecular flexibility index (Phi) is 0.345. The molecule has 4 rings (SSSR count). The molecule has 0 spiro atoms. The fourth-order valence-electron chi connectivity index (χ4n) is 3.79. The Bertz CT molecular complexity index is 236. The van der Waals surface area contributed by atoms with Gasteiger partial charge in [-0.25, -0.2) is 0 Å². The molecule has 0 heterocycles. The van der Waals surface area contributed by atoms with Crippen molar-refractivity contribution in [3.05, 3.63) is 11.1 Å². The zero-order valence-corrected chi connectivity index (χ0v) is 5.43. The first-order chi connectivity index (χ1) is 4.45. The normalized spacial score (nSPS) is 64.0. The Hall–Kier alpha value is -0.260. The van der Waals surface area contributed by atoms with Gasteiger partial charge in [-0.1, -0.05) is 11.1 Å². The van der Waals surface area contributed by atoms with Crippen molar-refractivity contribution in [1.29, 1.82) is 0 Å². The van der Waals surface area contributed by atoms with Crippen LogP contribution in [-0.4, -0.2) is 0 Å². The van der Waals surface area contributed by atoms with E-state index in [2.05, 4.69) is 0 Å². The van der Waals surface area contributed by atoms with Crippen molar-refractivity contribution >= 4 is 0 Å². The smallest absolute Gasteiger partial charge is 0.0126 e. The van der Waals surface area contributed by atoms with E-state index in [1.165, 1.54) is 30.6 Å². The monoisotopic (exact) mass is 118 g/mol. The molecule has 2 fully saturated rings. The van der Waals surface area contributed by atoms with Gasteiger partial charge in [0.25, 0.3) is 0 Å². The molecule has 0 aromatic rings. The second kappa shape index (κ2) is 0.817. The van der Waals surface area contributed by atoms with Crippen molar-refractivity contribution < 1.29 is 0 Å². The van der Waals surface area contributed by atoms with Crippen LogP contribution in [0.5, 0.6) is 0 Å². The molecule has 9 heavy (non-hydrogen) atoms. The van der Waals surface area contributed by atoms with Crippen LogP contribution in [0.1, 0.15) is 19.3 Å². The van der Waals surface area contributed by atoms with E-state index < -0.39 is 0 Å². The van der Waals surface area contributed by atoms with Crippen LogP contribution in [0.4, 0.5) is 0 Å². The van der Waals surface area contributed by atoms with Crippen molar-refractivity contribution in [2.75, 3.05) is 0 Å². The lowest BCUT2D eigenvalue weighted by Gasteiger charge is -2.59. The van der Waals surface area contributed by atoms with Gasteiger partial charge in [0, 0.05) is 0 Å². The number of allylic oxidation sites excluding steroid dienone is 2. The topological polar surface area (TPSA) is 0 Å². The van der Waals surface area contributed by atoms with E-state index in [4.69, 9.17) is 0 Å². The Labute approximate surface area is 54.9 Å². The average Bonchev–Trinajstić information content (AvgIpc) is 2.21. The van der Waals surface area contributed by atoms with Crippen molar-refractivity contribution in [3.63, 3.8) is 0 Å². The first-order valence-corrected chi connectivity index (χ1v) is 4.17. The van der Waals surface area contributed by atoms with Crippen LogP contribution in [0, 0.1) is 23.7 Å². The molecule has 0 amide bonds. The third-order valence-corrected chi connectivity index (χ3v) is 4.20. The van der Waals surface area contributed by atoms with Gasteiger partial charge >= 0.3 is 0 Å². The summed E-state index contributed by atoms with van der Waals surface area (Å²) < 4.78 is 0. The summed E-state index contributed by atoms with van der Waals surface area (Å²) >= 11 is 0. The van der Waals surface area contributed by atoms with E-state index in [1.807, 2.05) is 11.1 Å². The highest BCUT2D eigenvalue weighted by Crippen LogP contribution is 2.75. The highest BCUT2D eigenvalue weighted by atomic mass is 14.7. The molecule has 4 aliphatic carbocycles. The van der Waals surface area contributed by atoms with E-state index in [0.717, 1.165) is 5.92 Å². The molecule has 0 radical (unpaired) electrons. The Morgan fingerprint density at radius 2 is 2.22 bits per heavy atom. The van der Waals surface area contributed by atoms with E-state index in [1.54, 1.807) is 6.42 Å². The third kappa shape index (κ3) is 0.200. The lowest BCUT2D eigenvalue weighted by molar-refractivity contribution is 0.000512. The van der Waals surface area contributed by atoms with Crippen molar-refractivity contribution in [3.8, 4) is 0 Å². The van der Waals surface area contributed by atoms with Crippen LogP contribution in [0.3, 0.4) is 0 Å². The summed E-state index contributed by atoms with van der Waals surface area (Å²) in [7, 11) is 0. The molecule has 0 saturated heterocycles. The van der Waals surface area contributed by atoms with Crippen molar-refractivity contribution in [1.82, 2.24) is 0 Å². The molecule has 4 unspecified atom stereocenters. The molecular formula is C9H10. The summed E-state index contributed by atoms with van der Waals surface area (Å²) in [5.41, 5.74) is 3.85. The zero-order valence-electron chi connectivity index (χ0n) is 5.43. The highest BCUT2D eigenvalue weighted by molar-refractivity contribution is 5.48. The summed E-state index contributed by atoms with van der Waals surface area (Å²) in [6.45, 7) is 0. The van der Waals surface area contributed by atoms with Crippen LogP contribution in [0.2, 0.25) is 0 Å². The van der Waals surface area contributed by atoms with Crippen LogP contribution >= 0.6 is 0 Å². The number of hydrogen-bond acceptors (Lipinski definition) is 0. The fourth-order valence-corrected chi connectivity index (χ4v) is 3.79. The first-order valence-electron chi connectivity index (χ1n) is 4.17. The summed E-state index contributed by atoms with van der Waals surface area (Å²) in [6.07, 6.45) is 4.64. The predicted octanol–water partition coefficient (Wildman–Crippen LogP) is 1.97. The Morgan fingerprint density at radius 3 is 3.11 bits per heavy atom. The summed E-state index contributed by atoms with van der Waals surface area (Å²) in [5.74, 6) is 4.68. The van der Waals surface area contributed by atoms with Gasteiger partial charge < -0.3 is 0 Å². The molecule has 0 aromatic carbocycles. The number of rotatable bonds is 0. The van der Waals surface area contributed by atoms with Crippen LogP contribution in [-0.2, 0) is 0 Å². The second-order valence-corrected chi connectivity index (χ2v) is 4.26. The Balaban J connectivity index is 2.03. The van der Waals surface area contributed by atoms with Gasteiger partial charge in [-0.2, -0.15) is 0 Å². The van der Waals surface area contributed by atoms with E-state index >= 15 is 0 Å². The molecule has 0 heteroatoms. The maximum absolute atomic E-state index is 1.95. The fraction of sp³-hybridized carbons (Fsp3) is 0.778. The maximum Gasteiger partial charge on any atom is -0.0126 e. The molecule has 4 aliphatic rings. The lowest BCUT2D eigenvalue weighted by atomic mass is 9.45. The summed E-state index contributed by atoms with van der Waals surface area (Å²) in [5, 5.41) is 0. The minimum atomic E-state index is 1.14. The summed E-state index contributed by atoms with van der Waals surface area (Å²) in [4.78, 5) is 0. The maximum atomic E-state index is 1.95. The highest BCUT2D eigenvalue weighted by Gasteiger charge is 2.65. The predicted molar refractivity (Wildman–Crippen MR) is 34.8 cm³/mol. The van der Waals surface area contributed by atoms with Gasteiger partial charge in [0.2, 0.25) is 0 Å².